The van der Waals surface area contributed by atoms with Crippen molar-refractivity contribution in [2.24, 2.45) is 5.92 Å². The molecule has 2 heteroatoms. The Morgan fingerprint density at radius 3 is 2.27 bits per heavy atom. The predicted octanol–water partition coefficient (Wildman–Crippen LogP) is 1.78. The molecule has 1 saturated heterocycles. The molecular weight excluding hydrogens is 140 g/mol. The average molecular weight is 156 g/mol. The normalized spacial score (nSPS) is 44.9. The van der Waals surface area contributed by atoms with Crippen molar-refractivity contribution in [2.45, 2.75) is 45.8 Å². The van der Waals surface area contributed by atoms with Crippen molar-refractivity contribution in [2.75, 3.05) is 0 Å². The Balaban J connectivity index is 2.82. The standard InChI is InChI=1S/C9H16O2/c1-5-9(4)6(2)8(10)7(3)11-9/h6-7H,5H2,1-4H3. The summed E-state index contributed by atoms with van der Waals surface area (Å²) in [6.07, 6.45) is 0.708. The molecule has 2 nitrogen and oxygen atoms in total. The highest BCUT2D eigenvalue weighted by Gasteiger charge is 2.45. The number of hydrogen-bond acceptors (Lipinski definition) is 2. The number of ether oxygens (including phenoxy) is 1. The first-order chi connectivity index (χ1) is 5.01. The first kappa shape index (κ1) is 8.72. The zero-order valence-electron chi connectivity index (χ0n) is 7.68. The molecule has 0 aliphatic carbocycles. The van der Waals surface area contributed by atoms with E-state index >= 15 is 0 Å². The summed E-state index contributed by atoms with van der Waals surface area (Å²) >= 11 is 0. The Bertz CT molecular complexity index is 176. The first-order valence-electron chi connectivity index (χ1n) is 4.23. The molecule has 1 aliphatic rings. The predicted molar refractivity (Wildman–Crippen MR) is 43.4 cm³/mol. The number of hydrogen-bond donors (Lipinski definition) is 0. The van der Waals surface area contributed by atoms with Gasteiger partial charge in [-0.15, -0.1) is 0 Å². The van der Waals surface area contributed by atoms with Gasteiger partial charge in [0.1, 0.15) is 6.10 Å². The second kappa shape index (κ2) is 2.59. The van der Waals surface area contributed by atoms with E-state index in [4.69, 9.17) is 4.74 Å². The van der Waals surface area contributed by atoms with Gasteiger partial charge >= 0.3 is 0 Å². The highest BCUT2D eigenvalue weighted by atomic mass is 16.5. The molecule has 0 bridgehead atoms. The van der Waals surface area contributed by atoms with Gasteiger partial charge in [-0.3, -0.25) is 4.79 Å². The van der Waals surface area contributed by atoms with Crippen LogP contribution in [0, 0.1) is 5.92 Å². The quantitative estimate of drug-likeness (QED) is 0.578. The summed E-state index contributed by atoms with van der Waals surface area (Å²) in [7, 11) is 0. The first-order valence-corrected chi connectivity index (χ1v) is 4.23. The van der Waals surface area contributed by atoms with Crippen LogP contribution in [-0.4, -0.2) is 17.5 Å². The minimum absolute atomic E-state index is 0.0579. The van der Waals surface area contributed by atoms with Crippen molar-refractivity contribution in [1.82, 2.24) is 0 Å². The van der Waals surface area contributed by atoms with E-state index in [0.717, 1.165) is 6.42 Å². The van der Waals surface area contributed by atoms with E-state index in [0.29, 0.717) is 0 Å². The Labute approximate surface area is 67.9 Å². The van der Waals surface area contributed by atoms with E-state index in [9.17, 15) is 4.79 Å². The van der Waals surface area contributed by atoms with Gasteiger partial charge in [-0.1, -0.05) is 13.8 Å². The molecule has 0 radical (unpaired) electrons. The minimum atomic E-state index is -0.212. The number of carbonyl (C=O) groups is 1. The molecule has 1 aliphatic heterocycles. The fraction of sp³-hybridized carbons (Fsp3) is 0.889. The van der Waals surface area contributed by atoms with E-state index < -0.39 is 0 Å². The topological polar surface area (TPSA) is 26.3 Å². The monoisotopic (exact) mass is 156 g/mol. The number of ketones is 1. The molecule has 0 aromatic rings. The summed E-state index contributed by atoms with van der Waals surface area (Å²) in [5.74, 6) is 0.303. The zero-order chi connectivity index (χ0) is 8.65. The summed E-state index contributed by atoms with van der Waals surface area (Å²) in [4.78, 5) is 11.4. The third-order valence-electron chi connectivity index (χ3n) is 2.89. The lowest BCUT2D eigenvalue weighted by molar-refractivity contribution is -0.123. The van der Waals surface area contributed by atoms with Gasteiger partial charge in [-0.05, 0) is 20.3 Å². The van der Waals surface area contributed by atoms with Gasteiger partial charge in [0.05, 0.1) is 5.60 Å². The van der Waals surface area contributed by atoms with E-state index in [1.165, 1.54) is 0 Å². The van der Waals surface area contributed by atoms with Crippen LogP contribution in [0.25, 0.3) is 0 Å². The molecule has 11 heavy (non-hydrogen) atoms. The number of carbonyl (C=O) groups excluding carboxylic acids is 1. The van der Waals surface area contributed by atoms with Crippen LogP contribution in [0.5, 0.6) is 0 Å². The van der Waals surface area contributed by atoms with Gasteiger partial charge in [-0.25, -0.2) is 0 Å². The maximum atomic E-state index is 11.4. The van der Waals surface area contributed by atoms with Crippen LogP contribution in [0.4, 0.5) is 0 Å². The van der Waals surface area contributed by atoms with Crippen molar-refractivity contribution in [3.05, 3.63) is 0 Å². The molecule has 64 valence electrons. The van der Waals surface area contributed by atoms with Crippen LogP contribution in [0.2, 0.25) is 0 Å². The number of Topliss-reactive ketones (excluding diaryl/α,β-unsaturated/α-hetero) is 1. The zero-order valence-corrected chi connectivity index (χ0v) is 7.68. The third-order valence-corrected chi connectivity index (χ3v) is 2.89. The summed E-state index contributed by atoms with van der Waals surface area (Å²) in [6.45, 7) is 7.86. The SMILES string of the molecule is CCC1(C)OC(C)C(=O)C1C. The number of rotatable bonds is 1. The molecule has 0 spiro atoms. The molecule has 0 aromatic heterocycles. The molecule has 1 fully saturated rings. The molecule has 1 rings (SSSR count). The van der Waals surface area contributed by atoms with E-state index in [-0.39, 0.29) is 23.4 Å². The van der Waals surface area contributed by atoms with Crippen LogP contribution in [0.3, 0.4) is 0 Å². The van der Waals surface area contributed by atoms with Crippen LogP contribution >= 0.6 is 0 Å². The molecule has 3 atom stereocenters. The van der Waals surface area contributed by atoms with Crippen molar-refractivity contribution in [1.29, 1.82) is 0 Å². The fourth-order valence-electron chi connectivity index (χ4n) is 1.61. The van der Waals surface area contributed by atoms with E-state index in [1.807, 2.05) is 20.8 Å². The van der Waals surface area contributed by atoms with Crippen molar-refractivity contribution < 1.29 is 9.53 Å². The van der Waals surface area contributed by atoms with Crippen LogP contribution in [0.15, 0.2) is 0 Å². The largest absolute Gasteiger partial charge is 0.364 e. The van der Waals surface area contributed by atoms with Crippen LogP contribution in [0.1, 0.15) is 34.1 Å². The molecule has 0 N–H and O–H groups in total. The highest BCUT2D eigenvalue weighted by molar-refractivity contribution is 5.87. The highest BCUT2D eigenvalue weighted by Crippen LogP contribution is 2.35. The summed E-state index contributed by atoms with van der Waals surface area (Å²) in [5, 5.41) is 0. The van der Waals surface area contributed by atoms with Crippen molar-refractivity contribution >= 4 is 5.78 Å². The van der Waals surface area contributed by atoms with E-state index in [2.05, 4.69) is 6.92 Å². The lowest BCUT2D eigenvalue weighted by Gasteiger charge is -2.25. The van der Waals surface area contributed by atoms with Gasteiger partial charge in [0.15, 0.2) is 5.78 Å². The smallest absolute Gasteiger partial charge is 0.166 e. The Kier molecular flexibility index (Phi) is 2.06. The summed E-state index contributed by atoms with van der Waals surface area (Å²) in [5.41, 5.74) is -0.212. The molecule has 1 heterocycles. The molecule has 0 aromatic carbocycles. The lowest BCUT2D eigenvalue weighted by Crippen LogP contribution is -2.30. The van der Waals surface area contributed by atoms with Gasteiger partial charge in [-0.2, -0.15) is 0 Å². The fourth-order valence-corrected chi connectivity index (χ4v) is 1.61. The Morgan fingerprint density at radius 1 is 1.55 bits per heavy atom. The van der Waals surface area contributed by atoms with Gasteiger partial charge in [0.2, 0.25) is 0 Å². The van der Waals surface area contributed by atoms with Crippen LogP contribution < -0.4 is 0 Å². The maximum Gasteiger partial charge on any atom is 0.166 e. The molecule has 3 unspecified atom stereocenters. The summed E-state index contributed by atoms with van der Waals surface area (Å²) in [6, 6.07) is 0. The van der Waals surface area contributed by atoms with E-state index in [1.54, 1.807) is 0 Å². The maximum absolute atomic E-state index is 11.4. The van der Waals surface area contributed by atoms with Crippen molar-refractivity contribution in [3.8, 4) is 0 Å². The minimum Gasteiger partial charge on any atom is -0.364 e. The third kappa shape index (κ3) is 1.20. The molecular formula is C9H16O2. The van der Waals surface area contributed by atoms with Gasteiger partial charge in [0.25, 0.3) is 0 Å². The second-order valence-electron chi connectivity index (χ2n) is 3.55. The van der Waals surface area contributed by atoms with Gasteiger partial charge < -0.3 is 4.74 Å². The lowest BCUT2D eigenvalue weighted by atomic mass is 9.87. The summed E-state index contributed by atoms with van der Waals surface area (Å²) < 4.78 is 5.57. The van der Waals surface area contributed by atoms with Crippen molar-refractivity contribution in [3.63, 3.8) is 0 Å². The van der Waals surface area contributed by atoms with Gasteiger partial charge in [0, 0.05) is 5.92 Å². The Morgan fingerprint density at radius 2 is 2.09 bits per heavy atom. The molecule has 0 amide bonds. The Hall–Kier alpha value is -0.370. The molecule has 0 saturated carbocycles. The average Bonchev–Trinajstić information content (AvgIpc) is 2.17. The van der Waals surface area contributed by atoms with Crippen LogP contribution in [-0.2, 0) is 9.53 Å². The second-order valence-corrected chi connectivity index (χ2v) is 3.55.